The van der Waals surface area contributed by atoms with E-state index in [1.807, 2.05) is 31.2 Å². The molecule has 1 atom stereocenters. The fourth-order valence-electron chi connectivity index (χ4n) is 1.75. The molecule has 0 aromatic heterocycles. The highest BCUT2D eigenvalue weighted by molar-refractivity contribution is 5.85. The van der Waals surface area contributed by atoms with Crippen LogP contribution in [-0.2, 0) is 9.53 Å². The molecule has 0 fully saturated rings. The van der Waals surface area contributed by atoms with Gasteiger partial charge in [0.05, 0.1) is 19.1 Å². The van der Waals surface area contributed by atoms with Crippen LogP contribution in [0.2, 0.25) is 0 Å². The number of ether oxygens (including phenoxy) is 2. The Bertz CT molecular complexity index is 425. The summed E-state index contributed by atoms with van der Waals surface area (Å²) in [4.78, 5) is 13.6. The van der Waals surface area contributed by atoms with Crippen molar-refractivity contribution >= 4 is 18.3 Å². The summed E-state index contributed by atoms with van der Waals surface area (Å²) in [5.41, 5.74) is 6.59. The number of amides is 1. The Kier molecular flexibility index (Phi) is 9.78. The lowest BCUT2D eigenvalue weighted by molar-refractivity contribution is -0.132. The summed E-state index contributed by atoms with van der Waals surface area (Å²) in [5.74, 6) is 0.862. The number of nitrogens with two attached hydrogens (primary N) is 1. The van der Waals surface area contributed by atoms with Gasteiger partial charge in [-0.25, -0.2) is 0 Å². The van der Waals surface area contributed by atoms with Crippen molar-refractivity contribution in [3.05, 3.63) is 29.8 Å². The first kappa shape index (κ1) is 19.7. The molecule has 0 saturated heterocycles. The topological polar surface area (TPSA) is 64.8 Å². The number of rotatable bonds is 8. The van der Waals surface area contributed by atoms with Gasteiger partial charge in [-0.2, -0.15) is 0 Å². The number of carbonyl (C=O) groups is 1. The van der Waals surface area contributed by atoms with Gasteiger partial charge in [0.15, 0.2) is 0 Å². The molecule has 0 aliphatic heterocycles. The predicted octanol–water partition coefficient (Wildman–Crippen LogP) is 1.62. The van der Waals surface area contributed by atoms with Gasteiger partial charge in [-0.15, -0.1) is 12.4 Å². The Labute approximate surface area is 132 Å². The zero-order valence-corrected chi connectivity index (χ0v) is 13.7. The van der Waals surface area contributed by atoms with Crippen molar-refractivity contribution in [2.75, 3.05) is 33.9 Å². The Morgan fingerprint density at radius 2 is 2.05 bits per heavy atom. The molecule has 1 amide bonds. The molecule has 0 aliphatic rings. The van der Waals surface area contributed by atoms with E-state index in [-0.39, 0.29) is 24.4 Å². The number of nitrogens with zero attached hydrogens (tertiary/aromatic N) is 1. The molecule has 1 aromatic rings. The molecule has 0 aliphatic carbocycles. The quantitative estimate of drug-likeness (QED) is 0.791. The number of hydrogen-bond donors (Lipinski definition) is 1. The summed E-state index contributed by atoms with van der Waals surface area (Å²) in [6.45, 7) is 3.34. The zero-order chi connectivity index (χ0) is 15.0. The molecule has 120 valence electrons. The van der Waals surface area contributed by atoms with Crippen LogP contribution in [0, 0.1) is 6.92 Å². The van der Waals surface area contributed by atoms with E-state index in [0.29, 0.717) is 26.1 Å². The lowest BCUT2D eigenvalue weighted by Gasteiger charge is -2.20. The number of hydrogen-bond acceptors (Lipinski definition) is 4. The SMILES string of the molecule is COC(CN)CC(=O)N(C)CCOc1ccccc1C.Cl. The molecule has 1 aromatic carbocycles. The van der Waals surface area contributed by atoms with Gasteiger partial charge in [-0.05, 0) is 18.6 Å². The lowest BCUT2D eigenvalue weighted by atomic mass is 10.2. The predicted molar refractivity (Wildman–Crippen MR) is 86.0 cm³/mol. The number of carbonyl (C=O) groups excluding carboxylic acids is 1. The third-order valence-electron chi connectivity index (χ3n) is 3.20. The minimum Gasteiger partial charge on any atom is -0.491 e. The molecule has 1 rings (SSSR count). The molecule has 5 nitrogen and oxygen atoms in total. The van der Waals surface area contributed by atoms with Gasteiger partial charge >= 0.3 is 0 Å². The molecular formula is C15H25ClN2O3. The zero-order valence-electron chi connectivity index (χ0n) is 12.9. The number of likely N-dealkylation sites (N-methyl/N-ethyl adjacent to an activating group) is 1. The summed E-state index contributed by atoms with van der Waals surface area (Å²) in [5, 5.41) is 0. The molecule has 1 unspecified atom stereocenters. The smallest absolute Gasteiger partial charge is 0.225 e. The van der Waals surface area contributed by atoms with E-state index >= 15 is 0 Å². The number of methoxy groups -OCH3 is 1. The highest BCUT2D eigenvalue weighted by Crippen LogP contribution is 2.15. The molecule has 2 N–H and O–H groups in total. The normalized spacial score (nSPS) is 11.4. The lowest BCUT2D eigenvalue weighted by Crippen LogP contribution is -2.35. The number of aryl methyl sites for hydroxylation is 1. The molecular weight excluding hydrogens is 292 g/mol. The van der Waals surface area contributed by atoms with Crippen molar-refractivity contribution in [1.82, 2.24) is 4.90 Å². The second-order valence-electron chi connectivity index (χ2n) is 4.73. The summed E-state index contributed by atoms with van der Waals surface area (Å²) in [6, 6.07) is 7.82. The van der Waals surface area contributed by atoms with Crippen LogP contribution in [0.5, 0.6) is 5.75 Å². The Hall–Kier alpha value is -1.30. The summed E-state index contributed by atoms with van der Waals surface area (Å²) in [7, 11) is 3.32. The Balaban J connectivity index is 0.00000400. The Morgan fingerprint density at radius 1 is 1.38 bits per heavy atom. The first-order valence-electron chi connectivity index (χ1n) is 6.73. The average molecular weight is 317 g/mol. The van der Waals surface area contributed by atoms with Crippen molar-refractivity contribution < 1.29 is 14.3 Å². The van der Waals surface area contributed by atoms with Gasteiger partial charge < -0.3 is 20.1 Å². The minimum absolute atomic E-state index is 0. The third-order valence-corrected chi connectivity index (χ3v) is 3.20. The van der Waals surface area contributed by atoms with Crippen LogP contribution in [0.4, 0.5) is 0 Å². The van der Waals surface area contributed by atoms with Crippen LogP contribution >= 0.6 is 12.4 Å². The van der Waals surface area contributed by atoms with Crippen LogP contribution in [0.25, 0.3) is 0 Å². The van der Waals surface area contributed by atoms with Gasteiger partial charge in [0, 0.05) is 20.7 Å². The molecule has 0 saturated carbocycles. The van der Waals surface area contributed by atoms with Gasteiger partial charge in [0.2, 0.25) is 5.91 Å². The largest absolute Gasteiger partial charge is 0.491 e. The van der Waals surface area contributed by atoms with E-state index in [1.54, 1.807) is 19.1 Å². The molecule has 0 bridgehead atoms. The Morgan fingerprint density at radius 3 is 2.62 bits per heavy atom. The van der Waals surface area contributed by atoms with Gasteiger partial charge in [0.25, 0.3) is 0 Å². The monoisotopic (exact) mass is 316 g/mol. The van der Waals surface area contributed by atoms with Crippen molar-refractivity contribution in [3.8, 4) is 5.75 Å². The second-order valence-corrected chi connectivity index (χ2v) is 4.73. The standard InChI is InChI=1S/C15H24N2O3.ClH/c1-12-6-4-5-7-14(12)20-9-8-17(2)15(18)10-13(11-16)19-3;/h4-7,13H,8-11,16H2,1-3H3;1H. The molecule has 0 spiro atoms. The van der Waals surface area contributed by atoms with Crippen LogP contribution in [-0.4, -0.2) is 50.8 Å². The number of benzene rings is 1. The van der Waals surface area contributed by atoms with Crippen LogP contribution in [0.1, 0.15) is 12.0 Å². The number of para-hydroxylation sites is 1. The maximum Gasteiger partial charge on any atom is 0.225 e. The van der Waals surface area contributed by atoms with Crippen molar-refractivity contribution in [2.24, 2.45) is 5.73 Å². The second kappa shape index (κ2) is 10.4. The highest BCUT2D eigenvalue weighted by Gasteiger charge is 2.15. The van der Waals surface area contributed by atoms with Crippen molar-refractivity contribution in [2.45, 2.75) is 19.4 Å². The first-order chi connectivity index (χ1) is 9.58. The fraction of sp³-hybridized carbons (Fsp3) is 0.533. The van der Waals surface area contributed by atoms with E-state index < -0.39 is 0 Å². The maximum atomic E-state index is 11.9. The summed E-state index contributed by atoms with van der Waals surface area (Å²) in [6.07, 6.45) is 0.0793. The fourth-order valence-corrected chi connectivity index (χ4v) is 1.75. The summed E-state index contributed by atoms with van der Waals surface area (Å²) >= 11 is 0. The van der Waals surface area contributed by atoms with Gasteiger partial charge in [0.1, 0.15) is 12.4 Å². The van der Waals surface area contributed by atoms with Crippen LogP contribution in [0.15, 0.2) is 24.3 Å². The summed E-state index contributed by atoms with van der Waals surface area (Å²) < 4.78 is 10.8. The molecule has 6 heteroatoms. The average Bonchev–Trinajstić information content (AvgIpc) is 2.46. The van der Waals surface area contributed by atoms with E-state index in [9.17, 15) is 4.79 Å². The van der Waals surface area contributed by atoms with E-state index in [1.165, 1.54) is 0 Å². The third kappa shape index (κ3) is 6.80. The van der Waals surface area contributed by atoms with Gasteiger partial charge in [-0.3, -0.25) is 4.79 Å². The van der Waals surface area contributed by atoms with Crippen molar-refractivity contribution in [1.29, 1.82) is 0 Å². The van der Waals surface area contributed by atoms with Crippen molar-refractivity contribution in [3.63, 3.8) is 0 Å². The van der Waals surface area contributed by atoms with E-state index in [0.717, 1.165) is 11.3 Å². The van der Waals surface area contributed by atoms with E-state index in [4.69, 9.17) is 15.2 Å². The number of halogens is 1. The maximum absolute atomic E-state index is 11.9. The molecule has 0 radical (unpaired) electrons. The minimum atomic E-state index is -0.220. The van der Waals surface area contributed by atoms with Gasteiger partial charge in [-0.1, -0.05) is 18.2 Å². The first-order valence-corrected chi connectivity index (χ1v) is 6.73. The molecule has 21 heavy (non-hydrogen) atoms. The highest BCUT2D eigenvalue weighted by atomic mass is 35.5. The van der Waals surface area contributed by atoms with Crippen LogP contribution in [0.3, 0.4) is 0 Å². The van der Waals surface area contributed by atoms with E-state index in [2.05, 4.69) is 0 Å². The molecule has 0 heterocycles. The van der Waals surface area contributed by atoms with Crippen LogP contribution < -0.4 is 10.5 Å².